The number of hydrogen-bond donors (Lipinski definition) is 1. The van der Waals surface area contributed by atoms with Crippen molar-refractivity contribution in [2.75, 3.05) is 44.2 Å². The highest BCUT2D eigenvalue weighted by atomic mass is 16.5. The molecule has 2 amide bonds. The lowest BCUT2D eigenvalue weighted by Crippen LogP contribution is -2.43. The molecule has 4 aromatic heterocycles. The number of amides is 2. The molecule has 13 nitrogen and oxygen atoms in total. The van der Waals surface area contributed by atoms with Gasteiger partial charge < -0.3 is 9.64 Å². The summed E-state index contributed by atoms with van der Waals surface area (Å²) in [4.78, 5) is 47.1. The quantitative estimate of drug-likeness (QED) is 0.255. The number of carbonyl (C=O) groups excluding carboxylic acids is 2. The molecule has 13 heteroatoms. The van der Waals surface area contributed by atoms with Crippen LogP contribution in [-0.4, -0.2) is 102 Å². The Labute approximate surface area is 290 Å². The van der Waals surface area contributed by atoms with Crippen LogP contribution in [0.3, 0.4) is 0 Å². The molecule has 0 unspecified atom stereocenters. The molecule has 0 saturated carbocycles. The van der Waals surface area contributed by atoms with Crippen molar-refractivity contribution in [3.8, 4) is 28.4 Å². The molecule has 1 spiro atoms. The smallest absolute Gasteiger partial charge is 0.237 e. The van der Waals surface area contributed by atoms with Gasteiger partial charge in [-0.3, -0.25) is 34.2 Å². The highest BCUT2D eigenvalue weighted by Crippen LogP contribution is 2.42. The van der Waals surface area contributed by atoms with Gasteiger partial charge in [-0.2, -0.15) is 10.2 Å². The molecular formula is C37H40N10O3. The number of aromatic nitrogens is 7. The second-order valence-electron chi connectivity index (χ2n) is 13.8. The summed E-state index contributed by atoms with van der Waals surface area (Å²) in [6.07, 6.45) is 7.87. The van der Waals surface area contributed by atoms with Crippen molar-refractivity contribution in [2.45, 2.75) is 39.2 Å². The van der Waals surface area contributed by atoms with E-state index in [0.29, 0.717) is 44.4 Å². The molecule has 50 heavy (non-hydrogen) atoms. The molecule has 256 valence electrons. The number of nitrogens with zero attached hydrogens (tertiary/aromatic N) is 9. The first-order valence-electron chi connectivity index (χ1n) is 17.2. The first kappa shape index (κ1) is 31.8. The highest BCUT2D eigenvalue weighted by molar-refractivity contribution is 6.01. The van der Waals surface area contributed by atoms with E-state index in [1.165, 1.54) is 0 Å². The highest BCUT2D eigenvalue weighted by Gasteiger charge is 2.51. The SMILES string of the molecule is CC(C)Oc1ccc(-c2n[nH]c3ccc(N4CC[C@]5(CCN(CC(=O)N6CC=C(c7ccc(-c8ncn(C)n8)cn7)CC6)C5)C4=O)nc23)cc1. The van der Waals surface area contributed by atoms with Crippen molar-refractivity contribution >= 4 is 34.2 Å². The Morgan fingerprint density at radius 2 is 1.82 bits per heavy atom. The second-order valence-corrected chi connectivity index (χ2v) is 13.8. The van der Waals surface area contributed by atoms with Gasteiger partial charge in [-0.05, 0) is 93.8 Å². The van der Waals surface area contributed by atoms with Crippen LogP contribution < -0.4 is 9.64 Å². The lowest BCUT2D eigenvalue weighted by Gasteiger charge is -2.29. The van der Waals surface area contributed by atoms with Crippen molar-refractivity contribution in [1.82, 2.24) is 44.7 Å². The molecule has 2 saturated heterocycles. The van der Waals surface area contributed by atoms with Crippen molar-refractivity contribution < 1.29 is 14.3 Å². The fraction of sp³-hybridized carbons (Fsp3) is 0.378. The zero-order valence-corrected chi connectivity index (χ0v) is 28.5. The minimum Gasteiger partial charge on any atom is -0.491 e. The van der Waals surface area contributed by atoms with E-state index in [2.05, 4.69) is 36.2 Å². The van der Waals surface area contributed by atoms with Gasteiger partial charge in [-0.25, -0.2) is 9.97 Å². The topological polar surface area (TPSA) is 138 Å². The van der Waals surface area contributed by atoms with Crippen LogP contribution in [0.15, 0.2) is 67.1 Å². The number of benzene rings is 1. The Balaban J connectivity index is 0.889. The standard InChI is InChI=1S/C37H40N10O3/c1-24(2)50-28-7-4-26(5-8-28)33-34-30(41-42-33)10-11-31(40-34)47-19-15-37(36(47)49)14-18-45(22-37)21-32(48)46-16-12-25(13-17-46)29-9-6-27(20-38-29)35-39-23-44(3)43-35/h4-12,20,23-24H,13-19,21-22H2,1-3H3,(H,41,42)/t37-/m0/s1. The molecule has 5 aromatic rings. The van der Waals surface area contributed by atoms with Gasteiger partial charge in [0.25, 0.3) is 0 Å². The predicted octanol–water partition coefficient (Wildman–Crippen LogP) is 4.35. The number of nitrogens with one attached hydrogen (secondary N) is 1. The number of pyridine rings is 2. The Bertz CT molecular complexity index is 2080. The maximum Gasteiger partial charge on any atom is 0.237 e. The van der Waals surface area contributed by atoms with Crippen LogP contribution in [0, 0.1) is 5.41 Å². The van der Waals surface area contributed by atoms with E-state index < -0.39 is 5.41 Å². The van der Waals surface area contributed by atoms with Crippen LogP contribution in [0.25, 0.3) is 39.3 Å². The van der Waals surface area contributed by atoms with Crippen molar-refractivity contribution in [2.24, 2.45) is 12.5 Å². The average Bonchev–Trinajstić information content (AvgIpc) is 3.92. The van der Waals surface area contributed by atoms with E-state index in [0.717, 1.165) is 70.7 Å². The van der Waals surface area contributed by atoms with Crippen molar-refractivity contribution in [3.63, 3.8) is 0 Å². The lowest BCUT2D eigenvalue weighted by molar-refractivity contribution is -0.132. The fourth-order valence-electron chi connectivity index (χ4n) is 7.32. The number of likely N-dealkylation sites (tertiary alicyclic amines) is 1. The maximum absolute atomic E-state index is 14.0. The van der Waals surface area contributed by atoms with Crippen LogP contribution in [-0.2, 0) is 16.6 Å². The molecule has 3 aliphatic rings. The van der Waals surface area contributed by atoms with Crippen LogP contribution in [0.2, 0.25) is 0 Å². The van der Waals surface area contributed by atoms with E-state index in [1.54, 1.807) is 17.2 Å². The minimum absolute atomic E-state index is 0.0856. The van der Waals surface area contributed by atoms with E-state index in [1.807, 2.05) is 79.2 Å². The third-order valence-corrected chi connectivity index (χ3v) is 9.99. The van der Waals surface area contributed by atoms with Crippen molar-refractivity contribution in [3.05, 3.63) is 72.8 Å². The van der Waals surface area contributed by atoms with Crippen LogP contribution >= 0.6 is 0 Å². The molecule has 1 atom stereocenters. The van der Waals surface area contributed by atoms with Gasteiger partial charge in [0.2, 0.25) is 11.8 Å². The number of anilines is 1. The summed E-state index contributed by atoms with van der Waals surface area (Å²) < 4.78 is 7.46. The van der Waals surface area contributed by atoms with Gasteiger partial charge in [0.1, 0.15) is 29.1 Å². The first-order valence-corrected chi connectivity index (χ1v) is 17.2. The molecule has 3 aliphatic heterocycles. The van der Waals surface area contributed by atoms with Gasteiger partial charge in [0.05, 0.1) is 29.3 Å². The van der Waals surface area contributed by atoms with Gasteiger partial charge >= 0.3 is 0 Å². The summed E-state index contributed by atoms with van der Waals surface area (Å²) in [6.45, 7) is 7.39. The molecule has 2 fully saturated rings. The molecule has 0 bridgehead atoms. The lowest BCUT2D eigenvalue weighted by atomic mass is 9.85. The number of rotatable bonds is 8. The zero-order valence-electron chi connectivity index (χ0n) is 28.5. The largest absolute Gasteiger partial charge is 0.491 e. The number of carbonyl (C=O) groups is 2. The van der Waals surface area contributed by atoms with E-state index in [4.69, 9.17) is 9.72 Å². The number of aryl methyl sites for hydroxylation is 1. The van der Waals surface area contributed by atoms with Gasteiger partial charge in [-0.1, -0.05) is 6.08 Å². The molecule has 1 N–H and O–H groups in total. The molecule has 0 radical (unpaired) electrons. The summed E-state index contributed by atoms with van der Waals surface area (Å²) in [6, 6.07) is 15.6. The number of fused-ring (bicyclic) bond motifs is 1. The number of aromatic amines is 1. The zero-order chi connectivity index (χ0) is 34.4. The summed E-state index contributed by atoms with van der Waals surface area (Å²) >= 11 is 0. The Hall–Kier alpha value is -5.43. The summed E-state index contributed by atoms with van der Waals surface area (Å²) in [5, 5.41) is 12.0. The second kappa shape index (κ2) is 12.8. The summed E-state index contributed by atoms with van der Waals surface area (Å²) in [5.74, 6) is 2.25. The van der Waals surface area contributed by atoms with Gasteiger partial charge in [0, 0.05) is 50.6 Å². The molecular weight excluding hydrogens is 632 g/mol. The average molecular weight is 673 g/mol. The third kappa shape index (κ3) is 6.02. The summed E-state index contributed by atoms with van der Waals surface area (Å²) in [5.41, 5.74) is 5.60. The van der Waals surface area contributed by atoms with E-state index in [9.17, 15) is 9.59 Å². The predicted molar refractivity (Wildman–Crippen MR) is 189 cm³/mol. The Morgan fingerprint density at radius 3 is 2.54 bits per heavy atom. The minimum atomic E-state index is -0.500. The normalized spacial score (nSPS) is 19.7. The van der Waals surface area contributed by atoms with E-state index in [-0.39, 0.29) is 17.9 Å². The Morgan fingerprint density at radius 1 is 1.00 bits per heavy atom. The van der Waals surface area contributed by atoms with E-state index >= 15 is 0 Å². The molecule has 7 heterocycles. The third-order valence-electron chi connectivity index (χ3n) is 9.99. The van der Waals surface area contributed by atoms with Crippen LogP contribution in [0.4, 0.5) is 5.82 Å². The molecule has 0 aliphatic carbocycles. The number of ether oxygens (including phenoxy) is 1. The van der Waals surface area contributed by atoms with Crippen molar-refractivity contribution in [1.29, 1.82) is 0 Å². The monoisotopic (exact) mass is 672 g/mol. The van der Waals surface area contributed by atoms with Gasteiger partial charge in [-0.15, -0.1) is 0 Å². The summed E-state index contributed by atoms with van der Waals surface area (Å²) in [7, 11) is 1.84. The van der Waals surface area contributed by atoms with Crippen LogP contribution in [0.1, 0.15) is 38.8 Å². The number of H-pyrrole nitrogens is 1. The fourth-order valence-corrected chi connectivity index (χ4v) is 7.32. The van der Waals surface area contributed by atoms with Gasteiger partial charge in [0.15, 0.2) is 5.82 Å². The molecule has 8 rings (SSSR count). The maximum atomic E-state index is 14.0. The Kier molecular flexibility index (Phi) is 8.14. The number of hydrogen-bond acceptors (Lipinski definition) is 9. The molecule has 1 aromatic carbocycles. The first-order chi connectivity index (χ1) is 24.2. The van der Waals surface area contributed by atoms with Crippen LogP contribution in [0.5, 0.6) is 5.75 Å².